The van der Waals surface area contributed by atoms with Crippen LogP contribution in [0.25, 0.3) is 0 Å². The second-order valence-electron chi connectivity index (χ2n) is 0.247. The summed E-state index contributed by atoms with van der Waals surface area (Å²) in [6.07, 6.45) is 0. The molecule has 0 rings (SSSR count). The van der Waals surface area contributed by atoms with Gasteiger partial charge in [0, 0.05) is 29.6 Å². The summed E-state index contributed by atoms with van der Waals surface area (Å²) in [5.74, 6) is 0. The molecule has 0 heterocycles. The van der Waals surface area contributed by atoms with E-state index in [-0.39, 0.29) is 40.5 Å². The summed E-state index contributed by atoms with van der Waals surface area (Å²) in [6, 6.07) is 0. The molecule has 7 heteroatoms. The Morgan fingerprint density at radius 2 is 0.857 bits per heavy atom. The van der Waals surface area contributed by atoms with Crippen LogP contribution >= 0.6 is 30.1 Å². The van der Waals surface area contributed by atoms with Crippen molar-refractivity contribution in [3.05, 3.63) is 0 Å². The SMILES string of the molecule is O.O.[Cl][Al]([Cl])[Cl].[Na]. The van der Waals surface area contributed by atoms with Gasteiger partial charge in [-0.1, -0.05) is 0 Å². The van der Waals surface area contributed by atoms with E-state index in [9.17, 15) is 0 Å². The summed E-state index contributed by atoms with van der Waals surface area (Å²) in [7, 11) is 14.8. The van der Waals surface area contributed by atoms with Gasteiger partial charge in [-0.25, -0.2) is 30.1 Å². The quantitative estimate of drug-likeness (QED) is 0.471. The van der Waals surface area contributed by atoms with E-state index in [0.29, 0.717) is 0 Å². The standard InChI is InChI=1S/Al.3ClH.Na.2H2O/h;3*1H;;2*1H2/q+3;;;;;;/p-3. The summed E-state index contributed by atoms with van der Waals surface area (Å²) in [6.45, 7) is 0. The zero-order valence-corrected chi connectivity index (χ0v) is 9.13. The van der Waals surface area contributed by atoms with Gasteiger partial charge < -0.3 is 11.0 Å². The monoisotopic (exact) mass is 191 g/mol. The molecule has 0 bridgehead atoms. The molecule has 0 aliphatic carbocycles. The van der Waals surface area contributed by atoms with Crippen LogP contribution in [0, 0.1) is 0 Å². The number of hydrogen-bond donors (Lipinski definition) is 0. The number of hydrogen-bond acceptors (Lipinski definition) is 0. The van der Waals surface area contributed by atoms with Crippen LogP contribution < -0.4 is 0 Å². The molecule has 0 amide bonds. The molecule has 0 atom stereocenters. The maximum Gasteiger partial charge on any atom is 0.643 e. The molecule has 2 nitrogen and oxygen atoms in total. The van der Waals surface area contributed by atoms with E-state index in [4.69, 9.17) is 30.1 Å². The Hall–Kier alpha value is 2.32. The van der Waals surface area contributed by atoms with Gasteiger partial charge in [0.2, 0.25) is 0 Å². The summed E-state index contributed by atoms with van der Waals surface area (Å²) in [4.78, 5) is 0. The zero-order chi connectivity index (χ0) is 3.58. The number of halogens is 3. The minimum Gasteiger partial charge on any atom is -0.412 e. The van der Waals surface area contributed by atoms with Crippen molar-refractivity contribution in [2.75, 3.05) is 0 Å². The molecule has 0 aliphatic heterocycles. The van der Waals surface area contributed by atoms with Gasteiger partial charge in [0.1, 0.15) is 0 Å². The molecular weight excluding hydrogens is 188 g/mol. The largest absolute Gasteiger partial charge is 0.643 e. The Morgan fingerprint density at radius 1 is 0.857 bits per heavy atom. The molecule has 0 unspecified atom stereocenters. The van der Waals surface area contributed by atoms with E-state index >= 15 is 0 Å². The van der Waals surface area contributed by atoms with Crippen molar-refractivity contribution in [1.29, 1.82) is 0 Å². The van der Waals surface area contributed by atoms with Crippen molar-refractivity contribution in [3.8, 4) is 0 Å². The molecule has 41 valence electrons. The maximum atomic E-state index is 4.94. The van der Waals surface area contributed by atoms with Crippen LogP contribution in [0.15, 0.2) is 0 Å². The first kappa shape index (κ1) is 22.8. The first-order chi connectivity index (χ1) is 1.73. The van der Waals surface area contributed by atoms with Crippen molar-refractivity contribution in [1.82, 2.24) is 0 Å². The van der Waals surface area contributed by atoms with Crippen molar-refractivity contribution >= 4 is 71.1 Å². The number of rotatable bonds is 0. The minimum absolute atomic E-state index is 0. The van der Waals surface area contributed by atoms with Gasteiger partial charge in [-0.05, 0) is 0 Å². The van der Waals surface area contributed by atoms with Crippen LogP contribution in [0.4, 0.5) is 0 Å². The Labute approximate surface area is 81.0 Å². The van der Waals surface area contributed by atoms with E-state index in [1.54, 1.807) is 0 Å². The van der Waals surface area contributed by atoms with E-state index in [1.807, 2.05) is 0 Å². The molecule has 7 heavy (non-hydrogen) atoms. The van der Waals surface area contributed by atoms with Gasteiger partial charge in [-0.15, -0.1) is 0 Å². The molecule has 0 aromatic rings. The molecule has 0 aromatic heterocycles. The molecule has 0 saturated carbocycles. The Morgan fingerprint density at radius 3 is 0.857 bits per heavy atom. The summed E-state index contributed by atoms with van der Waals surface area (Å²) in [5.41, 5.74) is 0. The van der Waals surface area contributed by atoms with Crippen LogP contribution in [0.2, 0.25) is 0 Å². The minimum atomic E-state index is -1.72. The predicted octanol–water partition coefficient (Wildman–Crippen LogP) is -0.343. The average Bonchev–Trinajstić information content (AvgIpc) is 0.811. The second kappa shape index (κ2) is 15.8. The summed E-state index contributed by atoms with van der Waals surface area (Å²) >= 11 is -1.72. The van der Waals surface area contributed by atoms with E-state index < -0.39 is 11.4 Å². The molecule has 4 N–H and O–H groups in total. The maximum absolute atomic E-state index is 4.94. The Bertz CT molecular complexity index is 17.7. The molecule has 0 fully saturated rings. The van der Waals surface area contributed by atoms with Gasteiger partial charge in [-0.2, -0.15) is 0 Å². The van der Waals surface area contributed by atoms with Gasteiger partial charge in [0.25, 0.3) is 0 Å². The smallest absolute Gasteiger partial charge is 0.412 e. The van der Waals surface area contributed by atoms with Gasteiger partial charge >= 0.3 is 11.4 Å². The average molecular weight is 192 g/mol. The van der Waals surface area contributed by atoms with Crippen molar-refractivity contribution in [3.63, 3.8) is 0 Å². The zero-order valence-electron chi connectivity index (χ0n) is 3.71. The van der Waals surface area contributed by atoms with E-state index in [1.165, 1.54) is 0 Å². The fraction of sp³-hybridized carbons (Fsp3) is 0. The van der Waals surface area contributed by atoms with Crippen molar-refractivity contribution in [2.45, 2.75) is 0 Å². The van der Waals surface area contributed by atoms with Gasteiger partial charge in [-0.3, -0.25) is 0 Å². The Balaban J connectivity index is -0.0000000150. The second-order valence-corrected chi connectivity index (χ2v) is 6.68. The fourth-order valence-electron chi connectivity index (χ4n) is 0. The van der Waals surface area contributed by atoms with Gasteiger partial charge in [0.05, 0.1) is 0 Å². The third-order valence-corrected chi connectivity index (χ3v) is 0. The molecule has 1 radical (unpaired) electrons. The van der Waals surface area contributed by atoms with Crippen LogP contribution in [-0.4, -0.2) is 51.9 Å². The van der Waals surface area contributed by atoms with Crippen molar-refractivity contribution in [2.24, 2.45) is 0 Å². The first-order valence-corrected chi connectivity index (χ1v) is 5.89. The molecular formula is H4AlCl3NaO2. The normalized spacial score (nSPS) is 3.86. The predicted molar refractivity (Wildman–Crippen MR) is 36.3 cm³/mol. The fourth-order valence-corrected chi connectivity index (χ4v) is 0. The molecule has 0 spiro atoms. The van der Waals surface area contributed by atoms with Crippen LogP contribution in [0.5, 0.6) is 0 Å². The topological polar surface area (TPSA) is 63.0 Å². The molecule has 0 aliphatic rings. The summed E-state index contributed by atoms with van der Waals surface area (Å²) in [5, 5.41) is 0. The third kappa shape index (κ3) is 61.7. The molecule has 0 saturated heterocycles. The third-order valence-electron chi connectivity index (χ3n) is 0. The first-order valence-electron chi connectivity index (χ1n) is 0.655. The van der Waals surface area contributed by atoms with Crippen LogP contribution in [0.3, 0.4) is 0 Å². The Kier molecular flexibility index (Phi) is 51.3. The van der Waals surface area contributed by atoms with Crippen LogP contribution in [-0.2, 0) is 0 Å². The summed E-state index contributed by atoms with van der Waals surface area (Å²) < 4.78 is 0. The van der Waals surface area contributed by atoms with Crippen molar-refractivity contribution < 1.29 is 11.0 Å². The molecule has 0 aromatic carbocycles. The van der Waals surface area contributed by atoms with Gasteiger partial charge in [0.15, 0.2) is 0 Å². The van der Waals surface area contributed by atoms with E-state index in [2.05, 4.69) is 0 Å². The van der Waals surface area contributed by atoms with E-state index in [0.717, 1.165) is 0 Å². The van der Waals surface area contributed by atoms with Crippen LogP contribution in [0.1, 0.15) is 0 Å².